The fourth-order valence-corrected chi connectivity index (χ4v) is 2.23. The van der Waals surface area contributed by atoms with Crippen LogP contribution in [0.25, 0.3) is 0 Å². The molecule has 100 valence electrons. The van der Waals surface area contributed by atoms with E-state index >= 15 is 0 Å². The van der Waals surface area contributed by atoms with Crippen molar-refractivity contribution >= 4 is 5.78 Å². The number of hydrogen-bond donors (Lipinski definition) is 0. The van der Waals surface area contributed by atoms with E-state index in [1.54, 1.807) is 0 Å². The maximum atomic E-state index is 12.2. The Labute approximate surface area is 112 Å². The number of benzene rings is 1. The maximum Gasteiger partial charge on any atom is 0.163 e. The quantitative estimate of drug-likeness (QED) is 0.477. The van der Waals surface area contributed by atoms with Gasteiger partial charge in [0.1, 0.15) is 0 Å². The number of ketones is 1. The number of hydrogen-bond acceptors (Lipinski definition) is 1. The maximum absolute atomic E-state index is 12.2. The molecule has 0 aliphatic heterocycles. The van der Waals surface area contributed by atoms with Gasteiger partial charge < -0.3 is 0 Å². The van der Waals surface area contributed by atoms with E-state index < -0.39 is 0 Å². The van der Waals surface area contributed by atoms with Crippen LogP contribution in [0.15, 0.2) is 24.3 Å². The fourth-order valence-electron chi connectivity index (χ4n) is 2.23. The first kappa shape index (κ1) is 14.9. The molecule has 0 heterocycles. The van der Waals surface area contributed by atoms with Crippen molar-refractivity contribution in [3.63, 3.8) is 0 Å². The summed E-state index contributed by atoms with van der Waals surface area (Å²) >= 11 is 0. The Bertz CT molecular complexity index is 377. The Morgan fingerprint density at radius 2 is 1.72 bits per heavy atom. The SMILES string of the molecule is CC(C)CCCCC(=O)c1ccccc1C(C)C. The van der Waals surface area contributed by atoms with Gasteiger partial charge in [0.25, 0.3) is 0 Å². The van der Waals surface area contributed by atoms with E-state index in [2.05, 4.69) is 33.8 Å². The molecule has 0 N–H and O–H groups in total. The van der Waals surface area contributed by atoms with E-state index in [1.807, 2.05) is 18.2 Å². The first-order chi connectivity index (χ1) is 8.52. The lowest BCUT2D eigenvalue weighted by molar-refractivity contribution is 0.0977. The molecule has 0 aliphatic carbocycles. The predicted octanol–water partition coefficient (Wildman–Crippen LogP) is 5.21. The largest absolute Gasteiger partial charge is 0.294 e. The molecule has 0 amide bonds. The summed E-state index contributed by atoms with van der Waals surface area (Å²) in [4.78, 5) is 12.2. The van der Waals surface area contributed by atoms with Crippen LogP contribution in [0.5, 0.6) is 0 Å². The van der Waals surface area contributed by atoms with Crippen molar-refractivity contribution in [1.29, 1.82) is 0 Å². The molecule has 1 aromatic rings. The second-order valence-electron chi connectivity index (χ2n) is 5.80. The Morgan fingerprint density at radius 1 is 1.06 bits per heavy atom. The highest BCUT2D eigenvalue weighted by Crippen LogP contribution is 2.21. The zero-order valence-electron chi connectivity index (χ0n) is 12.2. The smallest absolute Gasteiger partial charge is 0.163 e. The van der Waals surface area contributed by atoms with Crippen LogP contribution in [0.3, 0.4) is 0 Å². The van der Waals surface area contributed by atoms with Crippen molar-refractivity contribution in [1.82, 2.24) is 0 Å². The summed E-state index contributed by atoms with van der Waals surface area (Å²) in [6, 6.07) is 8.03. The Balaban J connectivity index is 2.56. The van der Waals surface area contributed by atoms with Crippen molar-refractivity contribution < 1.29 is 4.79 Å². The zero-order valence-corrected chi connectivity index (χ0v) is 12.2. The zero-order chi connectivity index (χ0) is 13.5. The second kappa shape index (κ2) is 7.35. The lowest BCUT2D eigenvalue weighted by atomic mass is 9.92. The van der Waals surface area contributed by atoms with Gasteiger partial charge in [-0.25, -0.2) is 0 Å². The molecule has 0 saturated heterocycles. The van der Waals surface area contributed by atoms with E-state index in [9.17, 15) is 4.79 Å². The van der Waals surface area contributed by atoms with Gasteiger partial charge in [0, 0.05) is 12.0 Å². The highest BCUT2D eigenvalue weighted by Gasteiger charge is 2.12. The molecule has 0 radical (unpaired) electrons. The van der Waals surface area contributed by atoms with E-state index in [4.69, 9.17) is 0 Å². The Hall–Kier alpha value is -1.11. The van der Waals surface area contributed by atoms with Crippen LogP contribution in [-0.4, -0.2) is 5.78 Å². The minimum Gasteiger partial charge on any atom is -0.294 e. The Kier molecular flexibility index (Phi) is 6.11. The molecule has 0 spiro atoms. The van der Waals surface area contributed by atoms with Gasteiger partial charge in [0.05, 0.1) is 0 Å². The molecule has 1 aromatic carbocycles. The van der Waals surface area contributed by atoms with Crippen LogP contribution in [-0.2, 0) is 0 Å². The molecule has 18 heavy (non-hydrogen) atoms. The molecule has 0 saturated carbocycles. The fraction of sp³-hybridized carbons (Fsp3) is 0.588. The normalized spacial score (nSPS) is 11.2. The monoisotopic (exact) mass is 246 g/mol. The third kappa shape index (κ3) is 4.64. The summed E-state index contributed by atoms with van der Waals surface area (Å²) in [5.41, 5.74) is 2.11. The molecule has 0 atom stereocenters. The molecule has 0 aromatic heterocycles. The van der Waals surface area contributed by atoms with Gasteiger partial charge in [-0.15, -0.1) is 0 Å². The van der Waals surface area contributed by atoms with Crippen LogP contribution >= 0.6 is 0 Å². The first-order valence-electron chi connectivity index (χ1n) is 7.14. The van der Waals surface area contributed by atoms with E-state index in [1.165, 1.54) is 12.0 Å². The number of unbranched alkanes of at least 4 members (excludes halogenated alkanes) is 1. The highest BCUT2D eigenvalue weighted by atomic mass is 16.1. The summed E-state index contributed by atoms with van der Waals surface area (Å²) in [5, 5.41) is 0. The van der Waals surface area contributed by atoms with Crippen LogP contribution in [0, 0.1) is 5.92 Å². The Morgan fingerprint density at radius 3 is 2.33 bits per heavy atom. The number of carbonyl (C=O) groups excluding carboxylic acids is 1. The van der Waals surface area contributed by atoms with Gasteiger partial charge in [0.15, 0.2) is 5.78 Å². The lowest BCUT2D eigenvalue weighted by Crippen LogP contribution is -2.05. The first-order valence-corrected chi connectivity index (χ1v) is 7.14. The van der Waals surface area contributed by atoms with Gasteiger partial charge >= 0.3 is 0 Å². The van der Waals surface area contributed by atoms with Gasteiger partial charge in [-0.05, 0) is 23.8 Å². The van der Waals surface area contributed by atoms with Crippen LogP contribution < -0.4 is 0 Å². The molecule has 0 unspecified atom stereocenters. The number of Topliss-reactive ketones (excluding diaryl/α,β-unsaturated/α-hetero) is 1. The average Bonchev–Trinajstić information content (AvgIpc) is 2.34. The third-order valence-corrected chi connectivity index (χ3v) is 3.32. The molecular weight excluding hydrogens is 220 g/mol. The van der Waals surface area contributed by atoms with Crippen LogP contribution in [0.4, 0.5) is 0 Å². The molecule has 0 fully saturated rings. The molecule has 0 bridgehead atoms. The summed E-state index contributed by atoms with van der Waals surface area (Å²) < 4.78 is 0. The third-order valence-electron chi connectivity index (χ3n) is 3.32. The van der Waals surface area contributed by atoms with Crippen molar-refractivity contribution in [2.24, 2.45) is 5.92 Å². The van der Waals surface area contributed by atoms with Crippen LogP contribution in [0.2, 0.25) is 0 Å². The average molecular weight is 246 g/mol. The van der Waals surface area contributed by atoms with Crippen LogP contribution in [0.1, 0.15) is 75.2 Å². The van der Waals surface area contributed by atoms with Gasteiger partial charge in [-0.3, -0.25) is 4.79 Å². The molecule has 0 aliphatic rings. The predicted molar refractivity (Wildman–Crippen MR) is 78.2 cm³/mol. The minimum absolute atomic E-state index is 0.308. The number of rotatable bonds is 7. The molecule has 1 nitrogen and oxygen atoms in total. The molecule has 1 rings (SSSR count). The van der Waals surface area contributed by atoms with E-state index in [-0.39, 0.29) is 0 Å². The van der Waals surface area contributed by atoms with Gasteiger partial charge in [-0.1, -0.05) is 64.8 Å². The molecular formula is C17H26O. The summed E-state index contributed by atoms with van der Waals surface area (Å²) in [7, 11) is 0. The van der Waals surface area contributed by atoms with Gasteiger partial charge in [-0.2, -0.15) is 0 Å². The standard InChI is InChI=1S/C17H26O/c1-13(2)9-5-8-12-17(18)16-11-7-6-10-15(16)14(3)4/h6-7,10-11,13-14H,5,8-9,12H2,1-4H3. The van der Waals surface area contributed by atoms with E-state index in [0.29, 0.717) is 18.1 Å². The van der Waals surface area contributed by atoms with Gasteiger partial charge in [0.2, 0.25) is 0 Å². The lowest BCUT2D eigenvalue weighted by Gasteiger charge is -2.11. The summed E-state index contributed by atoms with van der Waals surface area (Å²) in [6.07, 6.45) is 4.09. The van der Waals surface area contributed by atoms with Crippen molar-refractivity contribution in [3.8, 4) is 0 Å². The second-order valence-corrected chi connectivity index (χ2v) is 5.80. The topological polar surface area (TPSA) is 17.1 Å². The number of carbonyl (C=O) groups is 1. The molecule has 1 heteroatoms. The summed E-state index contributed by atoms with van der Waals surface area (Å²) in [6.45, 7) is 8.75. The van der Waals surface area contributed by atoms with Crippen molar-refractivity contribution in [3.05, 3.63) is 35.4 Å². The van der Waals surface area contributed by atoms with Crippen molar-refractivity contribution in [2.45, 2.75) is 59.3 Å². The summed E-state index contributed by atoms with van der Waals surface area (Å²) in [5.74, 6) is 1.46. The highest BCUT2D eigenvalue weighted by molar-refractivity contribution is 5.97. The minimum atomic E-state index is 0.308. The van der Waals surface area contributed by atoms with Crippen molar-refractivity contribution in [2.75, 3.05) is 0 Å². The van der Waals surface area contributed by atoms with E-state index in [0.717, 1.165) is 24.3 Å².